The van der Waals surface area contributed by atoms with Gasteiger partial charge in [-0.15, -0.1) is 0 Å². The third-order valence-electron chi connectivity index (χ3n) is 4.99. The van der Waals surface area contributed by atoms with Crippen molar-refractivity contribution in [2.24, 2.45) is 0 Å². The highest BCUT2D eigenvalue weighted by atomic mass is 19.1. The predicted molar refractivity (Wildman–Crippen MR) is 98.5 cm³/mol. The summed E-state index contributed by atoms with van der Waals surface area (Å²) in [4.78, 5) is 12.7. The molecule has 1 aliphatic carbocycles. The van der Waals surface area contributed by atoms with Gasteiger partial charge in [0.1, 0.15) is 5.82 Å². The van der Waals surface area contributed by atoms with Crippen LogP contribution in [0.25, 0.3) is 5.69 Å². The molecular formula is C21H19FN2O3. The van der Waals surface area contributed by atoms with Gasteiger partial charge >= 0.3 is 0 Å². The molecule has 0 N–H and O–H groups in total. The number of methoxy groups -OCH3 is 2. The van der Waals surface area contributed by atoms with E-state index in [-0.39, 0.29) is 17.5 Å². The summed E-state index contributed by atoms with van der Waals surface area (Å²) in [6.45, 7) is 0. The highest BCUT2D eigenvalue weighted by Gasteiger charge is 2.30. The number of halogens is 1. The lowest BCUT2D eigenvalue weighted by atomic mass is 9.82. The molecule has 0 fully saturated rings. The Kier molecular flexibility index (Phi) is 4.39. The smallest absolute Gasteiger partial charge is 0.166 e. The minimum Gasteiger partial charge on any atom is -0.493 e. The molecule has 1 atom stereocenters. The zero-order valence-corrected chi connectivity index (χ0v) is 15.1. The number of benzene rings is 2. The highest BCUT2D eigenvalue weighted by Crippen LogP contribution is 2.37. The van der Waals surface area contributed by atoms with E-state index in [2.05, 4.69) is 5.10 Å². The van der Waals surface area contributed by atoms with Crippen LogP contribution in [-0.4, -0.2) is 29.8 Å². The fourth-order valence-corrected chi connectivity index (χ4v) is 3.59. The molecule has 5 nitrogen and oxygen atoms in total. The van der Waals surface area contributed by atoms with Gasteiger partial charge in [0.2, 0.25) is 0 Å². The number of carbonyl (C=O) groups is 1. The molecule has 0 spiro atoms. The lowest BCUT2D eigenvalue weighted by molar-refractivity contribution is 0.0963. The Hall–Kier alpha value is -3.15. The molecule has 1 aromatic heterocycles. The van der Waals surface area contributed by atoms with E-state index in [0.29, 0.717) is 29.9 Å². The molecular weight excluding hydrogens is 347 g/mol. The van der Waals surface area contributed by atoms with Crippen LogP contribution in [0.5, 0.6) is 11.5 Å². The van der Waals surface area contributed by atoms with Crippen LogP contribution in [0.1, 0.15) is 34.0 Å². The van der Waals surface area contributed by atoms with Crippen LogP contribution in [-0.2, 0) is 6.42 Å². The molecule has 0 saturated carbocycles. The summed E-state index contributed by atoms with van der Waals surface area (Å²) in [6.07, 6.45) is 2.68. The number of carbonyl (C=O) groups excluding carboxylic acids is 1. The maximum absolute atomic E-state index is 13.2. The summed E-state index contributed by atoms with van der Waals surface area (Å²) in [5, 5.41) is 4.37. The molecule has 0 radical (unpaired) electrons. The summed E-state index contributed by atoms with van der Waals surface area (Å²) in [5.74, 6) is 1.06. The summed E-state index contributed by atoms with van der Waals surface area (Å²) < 4.78 is 25.6. The van der Waals surface area contributed by atoms with Crippen molar-refractivity contribution in [3.63, 3.8) is 0 Å². The summed E-state index contributed by atoms with van der Waals surface area (Å²) in [5.41, 5.74) is 3.23. The van der Waals surface area contributed by atoms with E-state index < -0.39 is 0 Å². The molecule has 1 aliphatic rings. The monoisotopic (exact) mass is 366 g/mol. The minimum atomic E-state index is -0.306. The van der Waals surface area contributed by atoms with Crippen LogP contribution >= 0.6 is 0 Å². The van der Waals surface area contributed by atoms with Crippen LogP contribution in [0.15, 0.2) is 48.7 Å². The van der Waals surface area contributed by atoms with E-state index in [1.807, 2.05) is 18.2 Å². The Bertz CT molecular complexity index is 995. The molecule has 0 bridgehead atoms. The summed E-state index contributed by atoms with van der Waals surface area (Å²) in [6, 6.07) is 11.8. The first kappa shape index (κ1) is 17.3. The minimum absolute atomic E-state index is 0.0145. The molecule has 1 unspecified atom stereocenters. The largest absolute Gasteiger partial charge is 0.493 e. The first-order chi connectivity index (χ1) is 13.1. The van der Waals surface area contributed by atoms with Crippen molar-refractivity contribution >= 4 is 5.78 Å². The Labute approximate surface area is 156 Å². The van der Waals surface area contributed by atoms with Gasteiger partial charge in [0.25, 0.3) is 0 Å². The van der Waals surface area contributed by atoms with Gasteiger partial charge in [-0.05, 0) is 54.3 Å². The maximum atomic E-state index is 13.2. The average molecular weight is 366 g/mol. The second-order valence-corrected chi connectivity index (χ2v) is 6.54. The normalized spacial score (nSPS) is 16.1. The van der Waals surface area contributed by atoms with Crippen molar-refractivity contribution in [3.05, 3.63) is 71.3 Å². The number of hydrogen-bond acceptors (Lipinski definition) is 4. The van der Waals surface area contributed by atoms with Gasteiger partial charge in [0, 0.05) is 6.42 Å². The third kappa shape index (κ3) is 3.07. The number of ketones is 1. The summed E-state index contributed by atoms with van der Waals surface area (Å²) in [7, 11) is 3.19. The van der Waals surface area contributed by atoms with Crippen LogP contribution in [0, 0.1) is 5.82 Å². The van der Waals surface area contributed by atoms with Crippen molar-refractivity contribution in [2.45, 2.75) is 18.8 Å². The zero-order valence-electron chi connectivity index (χ0n) is 15.1. The molecule has 6 heteroatoms. The lowest BCUT2D eigenvalue weighted by Gasteiger charge is -2.23. The molecule has 2 aromatic carbocycles. The van der Waals surface area contributed by atoms with Crippen molar-refractivity contribution < 1.29 is 18.7 Å². The Balaban J connectivity index is 1.71. The number of nitrogens with zero attached hydrogens (tertiary/aromatic N) is 2. The zero-order chi connectivity index (χ0) is 19.0. The molecule has 3 aromatic rings. The molecule has 0 aliphatic heterocycles. The van der Waals surface area contributed by atoms with E-state index >= 15 is 0 Å². The van der Waals surface area contributed by atoms with Gasteiger partial charge in [-0.3, -0.25) is 4.79 Å². The first-order valence-electron chi connectivity index (χ1n) is 8.68. The number of hydrogen-bond donors (Lipinski definition) is 0. The van der Waals surface area contributed by atoms with E-state index in [1.54, 1.807) is 37.2 Å². The number of fused-ring (bicyclic) bond motifs is 1. The van der Waals surface area contributed by atoms with Gasteiger partial charge < -0.3 is 9.47 Å². The first-order valence-corrected chi connectivity index (χ1v) is 8.68. The van der Waals surface area contributed by atoms with E-state index in [1.165, 1.54) is 12.1 Å². The van der Waals surface area contributed by atoms with Gasteiger partial charge in [0.05, 0.1) is 37.4 Å². The second-order valence-electron chi connectivity index (χ2n) is 6.54. The lowest BCUT2D eigenvalue weighted by Crippen LogP contribution is -2.20. The van der Waals surface area contributed by atoms with Crippen molar-refractivity contribution in [2.75, 3.05) is 14.2 Å². The van der Waals surface area contributed by atoms with Gasteiger partial charge in [-0.25, -0.2) is 9.07 Å². The van der Waals surface area contributed by atoms with Gasteiger partial charge in [0.15, 0.2) is 17.3 Å². The van der Waals surface area contributed by atoms with Crippen LogP contribution in [0.3, 0.4) is 0 Å². The highest BCUT2D eigenvalue weighted by molar-refractivity contribution is 5.98. The van der Waals surface area contributed by atoms with E-state index in [4.69, 9.17) is 9.47 Å². The van der Waals surface area contributed by atoms with Gasteiger partial charge in [-0.1, -0.05) is 6.07 Å². The predicted octanol–water partition coefficient (Wildman–Crippen LogP) is 3.94. The van der Waals surface area contributed by atoms with Gasteiger partial charge in [-0.2, -0.15) is 5.10 Å². The molecule has 0 saturated heterocycles. The SMILES string of the molecule is COc1ccc(C2CC(=O)c3cnn(-c4ccc(F)cc4)c3C2)cc1OC. The van der Waals surface area contributed by atoms with E-state index in [9.17, 15) is 9.18 Å². The quantitative estimate of drug-likeness (QED) is 0.702. The Morgan fingerprint density at radius 2 is 1.78 bits per heavy atom. The summed E-state index contributed by atoms with van der Waals surface area (Å²) >= 11 is 0. The Morgan fingerprint density at radius 1 is 1.04 bits per heavy atom. The molecule has 1 heterocycles. The van der Waals surface area contributed by atoms with Crippen LogP contribution in [0.2, 0.25) is 0 Å². The van der Waals surface area contributed by atoms with Crippen molar-refractivity contribution in [1.29, 1.82) is 0 Å². The van der Waals surface area contributed by atoms with Crippen LogP contribution < -0.4 is 9.47 Å². The molecule has 27 heavy (non-hydrogen) atoms. The fourth-order valence-electron chi connectivity index (χ4n) is 3.59. The average Bonchev–Trinajstić information content (AvgIpc) is 3.12. The standard InChI is InChI=1S/C21H19FN2O3/c1-26-20-8-3-13(11-21(20)27-2)14-9-18-17(19(25)10-14)12-23-24(18)16-6-4-15(22)5-7-16/h3-8,11-12,14H,9-10H2,1-2H3. The van der Waals surface area contributed by atoms with E-state index in [0.717, 1.165) is 16.9 Å². The molecule has 4 rings (SSSR count). The maximum Gasteiger partial charge on any atom is 0.166 e. The third-order valence-corrected chi connectivity index (χ3v) is 4.99. The topological polar surface area (TPSA) is 53.3 Å². The number of rotatable bonds is 4. The number of Topliss-reactive ketones (excluding diaryl/α,β-unsaturated/α-hetero) is 1. The molecule has 0 amide bonds. The number of aromatic nitrogens is 2. The second kappa shape index (κ2) is 6.87. The van der Waals surface area contributed by atoms with Crippen molar-refractivity contribution in [3.8, 4) is 17.2 Å². The van der Waals surface area contributed by atoms with Crippen LogP contribution in [0.4, 0.5) is 4.39 Å². The molecule has 138 valence electrons. The Morgan fingerprint density at radius 3 is 2.48 bits per heavy atom. The fraction of sp³-hybridized carbons (Fsp3) is 0.238. The van der Waals surface area contributed by atoms with Crippen molar-refractivity contribution in [1.82, 2.24) is 9.78 Å². The number of ether oxygens (including phenoxy) is 2.